The zero-order chi connectivity index (χ0) is 9.45. The van der Waals surface area contributed by atoms with Crippen LogP contribution in [0.5, 0.6) is 0 Å². The molecule has 0 spiro atoms. The van der Waals surface area contributed by atoms with Crippen molar-refractivity contribution >= 4 is 10.0 Å². The Morgan fingerprint density at radius 1 is 1.08 bits per heavy atom. The third-order valence-corrected chi connectivity index (χ3v) is 2.97. The van der Waals surface area contributed by atoms with Crippen LogP contribution in [0, 0.1) is 0 Å². The van der Waals surface area contributed by atoms with E-state index >= 15 is 0 Å². The van der Waals surface area contributed by atoms with Crippen LogP contribution in [0.1, 0.15) is 39.5 Å². The number of rotatable bonds is 7. The summed E-state index contributed by atoms with van der Waals surface area (Å²) in [6.45, 7) is 4.21. The summed E-state index contributed by atoms with van der Waals surface area (Å²) in [5.74, 6) is 0.126. The maximum absolute atomic E-state index is 10.9. The predicted molar refractivity (Wildman–Crippen MR) is 50.6 cm³/mol. The first kappa shape index (κ1) is 11.9. The molecule has 0 aliphatic rings. The molecule has 4 heteroatoms. The van der Waals surface area contributed by atoms with Crippen LogP contribution in [-0.2, 0) is 10.0 Å². The van der Waals surface area contributed by atoms with E-state index in [1.165, 1.54) is 12.8 Å². The minimum Gasteiger partial charge on any atom is -0.211 e. The Kier molecular flexibility index (Phi) is 6.38. The summed E-state index contributed by atoms with van der Waals surface area (Å²) in [5, 5.41) is 0. The monoisotopic (exact) mass is 192 g/mol. The van der Waals surface area contributed by atoms with Crippen LogP contribution in [0.4, 0.5) is 0 Å². The third kappa shape index (κ3) is 6.61. The molecule has 1 radical (unpaired) electrons. The Morgan fingerprint density at radius 2 is 1.75 bits per heavy atom. The maximum Gasteiger partial charge on any atom is 0.227 e. The molecular formula is C8H18NO2S. The summed E-state index contributed by atoms with van der Waals surface area (Å²) in [4.78, 5) is 0. The van der Waals surface area contributed by atoms with Gasteiger partial charge in [0.1, 0.15) is 0 Å². The predicted octanol–water partition coefficient (Wildman–Crippen LogP) is 1.52. The van der Waals surface area contributed by atoms with Gasteiger partial charge in [0.25, 0.3) is 0 Å². The third-order valence-electron chi connectivity index (χ3n) is 1.66. The second-order valence-corrected chi connectivity index (χ2v) is 4.78. The van der Waals surface area contributed by atoms with Crippen molar-refractivity contribution in [1.29, 1.82) is 0 Å². The molecule has 0 aliphatic carbocycles. The molecule has 0 atom stereocenters. The van der Waals surface area contributed by atoms with Gasteiger partial charge in [-0.05, 0) is 13.3 Å². The molecule has 0 saturated carbocycles. The normalized spacial score (nSPS) is 11.8. The van der Waals surface area contributed by atoms with Crippen molar-refractivity contribution in [2.75, 3.05) is 12.3 Å². The van der Waals surface area contributed by atoms with E-state index in [0.717, 1.165) is 12.8 Å². The van der Waals surface area contributed by atoms with E-state index in [-0.39, 0.29) is 5.75 Å². The van der Waals surface area contributed by atoms with Gasteiger partial charge in [-0.2, -0.15) is 0 Å². The molecule has 0 aromatic rings. The molecule has 0 rings (SSSR count). The first-order valence-electron chi connectivity index (χ1n) is 4.54. The highest BCUT2D eigenvalue weighted by Gasteiger charge is 2.05. The molecule has 0 aromatic heterocycles. The summed E-state index contributed by atoms with van der Waals surface area (Å²) in [6, 6.07) is 0. The Morgan fingerprint density at radius 3 is 2.25 bits per heavy atom. The number of unbranched alkanes of at least 4 members (excludes halogenated alkanes) is 3. The SMILES string of the molecule is CCCCCC[N]S(=O)(=O)CC. The van der Waals surface area contributed by atoms with Crippen LogP contribution in [0.25, 0.3) is 0 Å². The van der Waals surface area contributed by atoms with Crippen molar-refractivity contribution in [2.24, 2.45) is 0 Å². The molecule has 0 unspecified atom stereocenters. The van der Waals surface area contributed by atoms with E-state index in [1.54, 1.807) is 6.92 Å². The molecule has 0 amide bonds. The summed E-state index contributed by atoms with van der Waals surface area (Å²) >= 11 is 0. The van der Waals surface area contributed by atoms with Crippen molar-refractivity contribution in [2.45, 2.75) is 39.5 Å². The highest BCUT2D eigenvalue weighted by atomic mass is 32.2. The smallest absolute Gasteiger partial charge is 0.211 e. The second kappa shape index (κ2) is 6.43. The molecule has 0 fully saturated rings. The summed E-state index contributed by atoms with van der Waals surface area (Å²) < 4.78 is 25.3. The van der Waals surface area contributed by atoms with Crippen molar-refractivity contribution in [3.8, 4) is 0 Å². The van der Waals surface area contributed by atoms with E-state index in [1.807, 2.05) is 0 Å². The van der Waals surface area contributed by atoms with Crippen molar-refractivity contribution in [1.82, 2.24) is 4.72 Å². The van der Waals surface area contributed by atoms with Crippen LogP contribution in [0.2, 0.25) is 0 Å². The highest BCUT2D eigenvalue weighted by molar-refractivity contribution is 7.89. The Labute approximate surface area is 75.6 Å². The van der Waals surface area contributed by atoms with Gasteiger partial charge < -0.3 is 0 Å². The number of hydrogen-bond donors (Lipinski definition) is 0. The molecule has 0 saturated heterocycles. The minimum absolute atomic E-state index is 0.126. The molecule has 73 valence electrons. The fourth-order valence-corrected chi connectivity index (χ4v) is 1.42. The number of sulfonamides is 1. The molecule has 0 heterocycles. The molecular weight excluding hydrogens is 174 g/mol. The van der Waals surface area contributed by atoms with Crippen LogP contribution in [0.3, 0.4) is 0 Å². The van der Waals surface area contributed by atoms with E-state index in [0.29, 0.717) is 6.54 Å². The summed E-state index contributed by atoms with van der Waals surface area (Å²) in [5.41, 5.74) is 0. The van der Waals surface area contributed by atoms with Crippen LogP contribution < -0.4 is 4.72 Å². The fourth-order valence-electron chi connectivity index (χ4n) is 0.834. The summed E-state index contributed by atoms with van der Waals surface area (Å²) in [7, 11) is -3.08. The zero-order valence-corrected chi connectivity index (χ0v) is 8.73. The van der Waals surface area contributed by atoms with Gasteiger partial charge in [0.15, 0.2) is 0 Å². The molecule has 0 aromatic carbocycles. The maximum atomic E-state index is 10.9. The van der Waals surface area contributed by atoms with E-state index < -0.39 is 10.0 Å². The Balaban J connectivity index is 3.32. The van der Waals surface area contributed by atoms with Gasteiger partial charge in [0.05, 0.1) is 5.75 Å². The Hall–Kier alpha value is -0.0900. The largest absolute Gasteiger partial charge is 0.227 e. The average molecular weight is 192 g/mol. The lowest BCUT2D eigenvalue weighted by Gasteiger charge is -2.00. The van der Waals surface area contributed by atoms with Crippen LogP contribution in [0.15, 0.2) is 0 Å². The molecule has 0 aliphatic heterocycles. The number of hydrogen-bond acceptors (Lipinski definition) is 2. The van der Waals surface area contributed by atoms with E-state index in [2.05, 4.69) is 11.6 Å². The van der Waals surface area contributed by atoms with Gasteiger partial charge in [0, 0.05) is 6.54 Å². The van der Waals surface area contributed by atoms with Gasteiger partial charge in [-0.15, -0.1) is 4.72 Å². The van der Waals surface area contributed by atoms with Crippen LogP contribution >= 0.6 is 0 Å². The van der Waals surface area contributed by atoms with Crippen LogP contribution in [-0.4, -0.2) is 20.7 Å². The first-order chi connectivity index (χ1) is 5.62. The lowest BCUT2D eigenvalue weighted by molar-refractivity contribution is 0.572. The van der Waals surface area contributed by atoms with Crippen molar-refractivity contribution in [3.05, 3.63) is 0 Å². The van der Waals surface area contributed by atoms with Crippen molar-refractivity contribution < 1.29 is 8.42 Å². The van der Waals surface area contributed by atoms with E-state index in [4.69, 9.17) is 0 Å². The van der Waals surface area contributed by atoms with Gasteiger partial charge in [0.2, 0.25) is 10.0 Å². The van der Waals surface area contributed by atoms with Gasteiger partial charge >= 0.3 is 0 Å². The van der Waals surface area contributed by atoms with Crippen molar-refractivity contribution in [3.63, 3.8) is 0 Å². The Bertz CT molecular complexity index is 187. The molecule has 3 nitrogen and oxygen atoms in total. The molecule has 12 heavy (non-hydrogen) atoms. The van der Waals surface area contributed by atoms with Gasteiger partial charge in [-0.1, -0.05) is 26.2 Å². The second-order valence-electron chi connectivity index (χ2n) is 2.78. The lowest BCUT2D eigenvalue weighted by atomic mass is 10.2. The zero-order valence-electron chi connectivity index (χ0n) is 7.91. The first-order valence-corrected chi connectivity index (χ1v) is 6.14. The van der Waals surface area contributed by atoms with E-state index in [9.17, 15) is 8.42 Å². The lowest BCUT2D eigenvalue weighted by Crippen LogP contribution is -2.18. The number of nitrogens with zero attached hydrogens (tertiary/aromatic N) is 1. The molecule has 0 N–H and O–H groups in total. The standard InChI is InChI=1S/C8H18NO2S/c1-3-5-6-7-8-9-12(10,11)4-2/h3-8H2,1-2H3. The topological polar surface area (TPSA) is 48.2 Å². The fraction of sp³-hybridized carbons (Fsp3) is 1.00. The minimum atomic E-state index is -3.08. The summed E-state index contributed by atoms with van der Waals surface area (Å²) in [6.07, 6.45) is 4.31. The highest BCUT2D eigenvalue weighted by Crippen LogP contribution is 1.98. The average Bonchev–Trinajstić information content (AvgIpc) is 2.04. The molecule has 0 bridgehead atoms. The van der Waals surface area contributed by atoms with Gasteiger partial charge in [-0.3, -0.25) is 0 Å². The quantitative estimate of drug-likeness (QED) is 0.574. The van der Waals surface area contributed by atoms with Gasteiger partial charge in [-0.25, -0.2) is 8.42 Å².